The Balaban J connectivity index is 0.00000208. The van der Waals surface area contributed by atoms with E-state index >= 15 is 0 Å². The van der Waals surface area contributed by atoms with Crippen LogP contribution in [0.15, 0.2) is 12.3 Å². The number of nitrogens with two attached hydrogens (primary N) is 1. The first-order valence-corrected chi connectivity index (χ1v) is 7.53. The molecule has 1 saturated heterocycles. The average Bonchev–Trinajstić information content (AvgIpc) is 3.27. The number of carbonyl (C=O) groups is 1. The fourth-order valence-corrected chi connectivity index (χ4v) is 3.07. The molecule has 1 amide bonds. The predicted molar refractivity (Wildman–Crippen MR) is 83.7 cm³/mol. The van der Waals surface area contributed by atoms with E-state index in [1.807, 2.05) is 0 Å². The maximum atomic E-state index is 12.8. The van der Waals surface area contributed by atoms with Gasteiger partial charge in [0.1, 0.15) is 5.69 Å². The van der Waals surface area contributed by atoms with Crippen molar-refractivity contribution in [3.63, 3.8) is 0 Å². The molecule has 3 N–H and O–H groups in total. The topological polar surface area (TPSA) is 84.1 Å². The standard InChI is InChI=1S/C14H18F3N5O.ClH/c15-14(16,17)11-3-4-19-13(21-11)22-6-9(8-1-2-8)10(7-22)20-12(23)5-18;/h3-4,8-10H,1-2,5-7,18H2,(H,20,23);1H/t9-,10+;/m1./s1. The van der Waals surface area contributed by atoms with E-state index in [9.17, 15) is 18.0 Å². The van der Waals surface area contributed by atoms with Gasteiger partial charge in [-0.15, -0.1) is 12.4 Å². The summed E-state index contributed by atoms with van der Waals surface area (Å²) in [7, 11) is 0. The Morgan fingerprint density at radius 2 is 2.08 bits per heavy atom. The van der Waals surface area contributed by atoms with E-state index < -0.39 is 11.9 Å². The Kier molecular flexibility index (Phi) is 5.54. The Bertz CT molecular complexity index is 596. The Morgan fingerprint density at radius 3 is 2.67 bits per heavy atom. The first-order valence-electron chi connectivity index (χ1n) is 7.53. The molecular formula is C14H19ClF3N5O. The summed E-state index contributed by atoms with van der Waals surface area (Å²) in [6, 6.07) is 0.725. The molecule has 3 rings (SSSR count). The van der Waals surface area contributed by atoms with Gasteiger partial charge in [0.25, 0.3) is 0 Å². The van der Waals surface area contributed by atoms with E-state index in [2.05, 4.69) is 15.3 Å². The van der Waals surface area contributed by atoms with Gasteiger partial charge in [-0.25, -0.2) is 9.97 Å². The number of halogens is 4. The van der Waals surface area contributed by atoms with Gasteiger partial charge in [-0.2, -0.15) is 13.2 Å². The zero-order valence-corrected chi connectivity index (χ0v) is 13.6. The molecule has 2 aliphatic rings. The van der Waals surface area contributed by atoms with E-state index in [0.29, 0.717) is 19.0 Å². The van der Waals surface area contributed by atoms with Gasteiger partial charge in [0.15, 0.2) is 0 Å². The summed E-state index contributed by atoms with van der Waals surface area (Å²) in [4.78, 5) is 20.8. The molecule has 0 radical (unpaired) electrons. The SMILES string of the molecule is Cl.NCC(=O)N[C@H]1CN(c2nccc(C(F)(F)F)n2)C[C@@H]1C1CC1. The molecule has 0 spiro atoms. The molecule has 134 valence electrons. The largest absolute Gasteiger partial charge is 0.433 e. The maximum Gasteiger partial charge on any atom is 0.433 e. The Labute approximate surface area is 143 Å². The van der Waals surface area contributed by atoms with E-state index in [-0.39, 0.29) is 42.8 Å². The lowest BCUT2D eigenvalue weighted by molar-refractivity contribution is -0.141. The van der Waals surface area contributed by atoms with Crippen LogP contribution in [0.5, 0.6) is 0 Å². The molecule has 1 aliphatic heterocycles. The molecule has 1 aromatic rings. The zero-order valence-electron chi connectivity index (χ0n) is 12.8. The summed E-state index contributed by atoms with van der Waals surface area (Å²) < 4.78 is 38.4. The summed E-state index contributed by atoms with van der Waals surface area (Å²) in [6.45, 7) is 0.837. The van der Waals surface area contributed by atoms with Crippen LogP contribution >= 0.6 is 12.4 Å². The molecule has 1 saturated carbocycles. The maximum absolute atomic E-state index is 12.8. The molecule has 24 heavy (non-hydrogen) atoms. The van der Waals surface area contributed by atoms with Gasteiger partial charge in [0.2, 0.25) is 11.9 Å². The third-order valence-electron chi connectivity index (χ3n) is 4.34. The quantitative estimate of drug-likeness (QED) is 0.837. The number of aromatic nitrogens is 2. The minimum absolute atomic E-state index is 0. The predicted octanol–water partition coefficient (Wildman–Crippen LogP) is 1.21. The monoisotopic (exact) mass is 365 g/mol. The van der Waals surface area contributed by atoms with Gasteiger partial charge >= 0.3 is 6.18 Å². The van der Waals surface area contributed by atoms with Gasteiger partial charge in [-0.05, 0) is 24.8 Å². The van der Waals surface area contributed by atoms with Crippen LogP contribution < -0.4 is 16.0 Å². The second-order valence-electron chi connectivity index (χ2n) is 6.02. The molecular weight excluding hydrogens is 347 g/mol. The van der Waals surface area contributed by atoms with Gasteiger partial charge in [0.05, 0.1) is 12.6 Å². The first kappa shape index (κ1) is 18.7. The second kappa shape index (κ2) is 7.10. The van der Waals surface area contributed by atoms with Crippen molar-refractivity contribution in [1.29, 1.82) is 0 Å². The number of nitrogens with one attached hydrogen (secondary N) is 1. The fraction of sp³-hybridized carbons (Fsp3) is 0.643. The van der Waals surface area contributed by atoms with Crippen LogP contribution in [0.4, 0.5) is 19.1 Å². The number of carbonyl (C=O) groups excluding carboxylic acids is 1. The molecule has 0 bridgehead atoms. The van der Waals surface area contributed by atoms with Crippen molar-refractivity contribution in [2.24, 2.45) is 17.6 Å². The van der Waals surface area contributed by atoms with Crippen molar-refractivity contribution < 1.29 is 18.0 Å². The lowest BCUT2D eigenvalue weighted by atomic mass is 9.98. The molecule has 6 nitrogen and oxygen atoms in total. The van der Waals surface area contributed by atoms with Crippen LogP contribution in [0.2, 0.25) is 0 Å². The zero-order chi connectivity index (χ0) is 16.6. The number of alkyl halides is 3. The van der Waals surface area contributed by atoms with Crippen LogP contribution in [0.25, 0.3) is 0 Å². The lowest BCUT2D eigenvalue weighted by Crippen LogP contribution is -2.43. The highest BCUT2D eigenvalue weighted by Gasteiger charge is 2.44. The fourth-order valence-electron chi connectivity index (χ4n) is 3.07. The molecule has 2 fully saturated rings. The summed E-state index contributed by atoms with van der Waals surface area (Å²) in [5.74, 6) is 0.486. The van der Waals surface area contributed by atoms with E-state index in [1.54, 1.807) is 4.90 Å². The summed E-state index contributed by atoms with van der Waals surface area (Å²) in [5.41, 5.74) is 4.37. The highest BCUT2D eigenvalue weighted by atomic mass is 35.5. The molecule has 1 aromatic heterocycles. The number of rotatable bonds is 4. The van der Waals surface area contributed by atoms with Crippen molar-refractivity contribution in [3.8, 4) is 0 Å². The van der Waals surface area contributed by atoms with Crippen LogP contribution in [-0.4, -0.2) is 41.6 Å². The van der Waals surface area contributed by atoms with Crippen molar-refractivity contribution in [1.82, 2.24) is 15.3 Å². The first-order chi connectivity index (χ1) is 10.9. The van der Waals surface area contributed by atoms with E-state index in [4.69, 9.17) is 5.73 Å². The number of amides is 1. The van der Waals surface area contributed by atoms with Gasteiger partial charge in [-0.3, -0.25) is 4.79 Å². The van der Waals surface area contributed by atoms with Crippen molar-refractivity contribution in [3.05, 3.63) is 18.0 Å². The molecule has 2 heterocycles. The second-order valence-corrected chi connectivity index (χ2v) is 6.02. The van der Waals surface area contributed by atoms with Crippen LogP contribution in [0, 0.1) is 11.8 Å². The minimum atomic E-state index is -4.50. The van der Waals surface area contributed by atoms with Gasteiger partial charge in [0, 0.05) is 25.2 Å². The number of nitrogens with zero attached hydrogens (tertiary/aromatic N) is 3. The lowest BCUT2D eigenvalue weighted by Gasteiger charge is -2.18. The van der Waals surface area contributed by atoms with Crippen molar-refractivity contribution in [2.75, 3.05) is 24.5 Å². The highest BCUT2D eigenvalue weighted by molar-refractivity contribution is 5.85. The van der Waals surface area contributed by atoms with Gasteiger partial charge < -0.3 is 16.0 Å². The molecule has 0 aromatic carbocycles. The molecule has 10 heteroatoms. The molecule has 0 unspecified atom stereocenters. The van der Waals surface area contributed by atoms with Crippen molar-refractivity contribution in [2.45, 2.75) is 25.1 Å². The van der Waals surface area contributed by atoms with Crippen molar-refractivity contribution >= 4 is 24.3 Å². The highest BCUT2D eigenvalue weighted by Crippen LogP contribution is 2.42. The average molecular weight is 366 g/mol. The van der Waals surface area contributed by atoms with E-state index in [0.717, 1.165) is 25.1 Å². The number of anilines is 1. The Hall–Kier alpha value is -1.61. The Morgan fingerprint density at radius 1 is 1.38 bits per heavy atom. The molecule has 1 aliphatic carbocycles. The summed E-state index contributed by atoms with van der Waals surface area (Å²) in [6.07, 6.45) is -1.22. The molecule has 2 atom stereocenters. The van der Waals surface area contributed by atoms with Gasteiger partial charge in [-0.1, -0.05) is 0 Å². The summed E-state index contributed by atoms with van der Waals surface area (Å²) >= 11 is 0. The normalized spacial score (nSPS) is 23.8. The third kappa shape index (κ3) is 4.07. The van der Waals surface area contributed by atoms with Crippen LogP contribution in [-0.2, 0) is 11.0 Å². The van der Waals surface area contributed by atoms with Crippen LogP contribution in [0.1, 0.15) is 18.5 Å². The van der Waals surface area contributed by atoms with E-state index in [1.165, 1.54) is 0 Å². The summed E-state index contributed by atoms with van der Waals surface area (Å²) in [5, 5.41) is 2.86. The number of hydrogen-bond donors (Lipinski definition) is 2. The minimum Gasteiger partial charge on any atom is -0.350 e. The number of hydrogen-bond acceptors (Lipinski definition) is 5. The van der Waals surface area contributed by atoms with Crippen LogP contribution in [0.3, 0.4) is 0 Å². The smallest absolute Gasteiger partial charge is 0.350 e. The third-order valence-corrected chi connectivity index (χ3v) is 4.34.